The molecule has 2 heterocycles. The van der Waals surface area contributed by atoms with Gasteiger partial charge in [0, 0.05) is 16.2 Å². The molecule has 2 atom stereocenters. The van der Waals surface area contributed by atoms with Gasteiger partial charge in [0.2, 0.25) is 12.7 Å². The average Bonchev–Trinajstić information content (AvgIpc) is 3.00. The van der Waals surface area contributed by atoms with Crippen LogP contribution in [-0.4, -0.2) is 18.7 Å². The van der Waals surface area contributed by atoms with Gasteiger partial charge in [0.05, 0.1) is 6.04 Å². The SMILES string of the molecule is N[C@H]1C(=O)N(c2ccc3c(c2)OCO3)[C@H]1c1ccc(Br)cc1. The summed E-state index contributed by atoms with van der Waals surface area (Å²) in [5.74, 6) is 1.26. The Morgan fingerprint density at radius 1 is 1.09 bits per heavy atom. The van der Waals surface area contributed by atoms with Gasteiger partial charge in [-0.2, -0.15) is 0 Å². The van der Waals surface area contributed by atoms with Crippen LogP contribution in [0.2, 0.25) is 0 Å². The molecule has 5 nitrogen and oxygen atoms in total. The van der Waals surface area contributed by atoms with E-state index in [4.69, 9.17) is 15.2 Å². The van der Waals surface area contributed by atoms with Crippen molar-refractivity contribution in [2.75, 3.05) is 11.7 Å². The molecule has 0 unspecified atom stereocenters. The number of amides is 1. The lowest BCUT2D eigenvalue weighted by atomic mass is 9.88. The maximum Gasteiger partial charge on any atom is 0.247 e. The third-order valence-electron chi connectivity index (χ3n) is 3.99. The molecular formula is C16H13BrN2O3. The molecule has 1 amide bonds. The summed E-state index contributed by atoms with van der Waals surface area (Å²) in [5, 5.41) is 0. The summed E-state index contributed by atoms with van der Waals surface area (Å²) in [4.78, 5) is 13.9. The zero-order valence-electron chi connectivity index (χ0n) is 11.5. The van der Waals surface area contributed by atoms with Gasteiger partial charge in [-0.1, -0.05) is 28.1 Å². The van der Waals surface area contributed by atoms with Gasteiger partial charge >= 0.3 is 0 Å². The highest BCUT2D eigenvalue weighted by atomic mass is 79.9. The third kappa shape index (κ3) is 1.99. The van der Waals surface area contributed by atoms with Gasteiger partial charge in [0.15, 0.2) is 11.5 Å². The van der Waals surface area contributed by atoms with Crippen LogP contribution in [0, 0.1) is 0 Å². The number of hydrogen-bond donors (Lipinski definition) is 1. The van der Waals surface area contributed by atoms with Gasteiger partial charge in [0.1, 0.15) is 6.04 Å². The van der Waals surface area contributed by atoms with Crippen molar-refractivity contribution < 1.29 is 14.3 Å². The van der Waals surface area contributed by atoms with Crippen LogP contribution in [0.15, 0.2) is 46.9 Å². The molecule has 2 aromatic rings. The Morgan fingerprint density at radius 3 is 2.59 bits per heavy atom. The fourth-order valence-corrected chi connectivity index (χ4v) is 3.11. The molecular weight excluding hydrogens is 348 g/mol. The summed E-state index contributed by atoms with van der Waals surface area (Å²) >= 11 is 3.41. The van der Waals surface area contributed by atoms with E-state index in [2.05, 4.69) is 15.9 Å². The Kier molecular flexibility index (Phi) is 3.09. The van der Waals surface area contributed by atoms with E-state index < -0.39 is 6.04 Å². The lowest BCUT2D eigenvalue weighted by Crippen LogP contribution is -2.63. The lowest BCUT2D eigenvalue weighted by Gasteiger charge is -2.45. The normalized spacial score (nSPS) is 22.6. The average molecular weight is 361 g/mol. The van der Waals surface area contributed by atoms with Gasteiger partial charge in [-0.3, -0.25) is 4.79 Å². The number of ether oxygens (including phenoxy) is 2. The fourth-order valence-electron chi connectivity index (χ4n) is 2.85. The second kappa shape index (κ2) is 5.00. The van der Waals surface area contributed by atoms with Crippen molar-refractivity contribution in [1.82, 2.24) is 0 Å². The van der Waals surface area contributed by atoms with Crippen LogP contribution in [0.4, 0.5) is 5.69 Å². The maximum atomic E-state index is 12.2. The number of nitrogens with zero attached hydrogens (tertiary/aromatic N) is 1. The van der Waals surface area contributed by atoms with Crippen molar-refractivity contribution in [3.63, 3.8) is 0 Å². The molecule has 2 aliphatic rings. The number of β-lactam (4-membered cyclic amide) rings is 1. The highest BCUT2D eigenvalue weighted by molar-refractivity contribution is 9.10. The summed E-state index contributed by atoms with van der Waals surface area (Å²) < 4.78 is 11.7. The Hall–Kier alpha value is -2.05. The minimum absolute atomic E-state index is 0.0909. The van der Waals surface area contributed by atoms with E-state index in [1.807, 2.05) is 42.5 Å². The molecule has 0 spiro atoms. The minimum atomic E-state index is -0.522. The standard InChI is InChI=1S/C16H13BrN2O3/c17-10-3-1-9(2-4-10)15-14(18)16(20)19(15)11-5-6-12-13(7-11)22-8-21-12/h1-7,14-15H,8,18H2/t14-,15+/m1/s1. The second-order valence-electron chi connectivity index (χ2n) is 5.27. The molecule has 0 saturated carbocycles. The van der Waals surface area contributed by atoms with E-state index in [1.54, 1.807) is 4.90 Å². The fraction of sp³-hybridized carbons (Fsp3) is 0.188. The number of benzene rings is 2. The number of carbonyl (C=O) groups excluding carboxylic acids is 1. The van der Waals surface area contributed by atoms with Crippen molar-refractivity contribution in [3.05, 3.63) is 52.5 Å². The van der Waals surface area contributed by atoms with Gasteiger partial charge < -0.3 is 20.1 Å². The van der Waals surface area contributed by atoms with E-state index in [0.29, 0.717) is 11.5 Å². The van der Waals surface area contributed by atoms with Crippen molar-refractivity contribution in [2.24, 2.45) is 5.73 Å². The van der Waals surface area contributed by atoms with Crippen LogP contribution in [0.1, 0.15) is 11.6 Å². The van der Waals surface area contributed by atoms with Crippen LogP contribution in [0.25, 0.3) is 0 Å². The van der Waals surface area contributed by atoms with Crippen LogP contribution < -0.4 is 20.1 Å². The summed E-state index contributed by atoms with van der Waals surface area (Å²) in [6.45, 7) is 0.211. The van der Waals surface area contributed by atoms with Crippen LogP contribution >= 0.6 is 15.9 Å². The Balaban J connectivity index is 1.70. The molecule has 112 valence electrons. The van der Waals surface area contributed by atoms with E-state index >= 15 is 0 Å². The molecule has 1 fully saturated rings. The molecule has 4 rings (SSSR count). The number of anilines is 1. The molecule has 1 saturated heterocycles. The van der Waals surface area contributed by atoms with Crippen LogP contribution in [0.5, 0.6) is 11.5 Å². The molecule has 22 heavy (non-hydrogen) atoms. The first kappa shape index (κ1) is 13.6. The van der Waals surface area contributed by atoms with Gasteiger partial charge in [0.25, 0.3) is 0 Å². The van der Waals surface area contributed by atoms with Crippen molar-refractivity contribution in [2.45, 2.75) is 12.1 Å². The second-order valence-corrected chi connectivity index (χ2v) is 6.18. The molecule has 2 aliphatic heterocycles. The van der Waals surface area contributed by atoms with Gasteiger partial charge in [-0.25, -0.2) is 0 Å². The first-order valence-electron chi connectivity index (χ1n) is 6.89. The van der Waals surface area contributed by atoms with E-state index in [-0.39, 0.29) is 18.7 Å². The first-order chi connectivity index (χ1) is 10.6. The Morgan fingerprint density at radius 2 is 1.82 bits per heavy atom. The predicted octanol–water partition coefficient (Wildman–Crippen LogP) is 2.59. The minimum Gasteiger partial charge on any atom is -0.454 e. The first-order valence-corrected chi connectivity index (χ1v) is 7.68. The number of rotatable bonds is 2. The summed E-state index contributed by atoms with van der Waals surface area (Å²) in [6, 6.07) is 12.6. The molecule has 2 aromatic carbocycles. The van der Waals surface area contributed by atoms with E-state index in [1.165, 1.54) is 0 Å². The number of carbonyl (C=O) groups is 1. The number of fused-ring (bicyclic) bond motifs is 1. The molecule has 0 radical (unpaired) electrons. The monoisotopic (exact) mass is 360 g/mol. The molecule has 6 heteroatoms. The Labute approximate surface area is 135 Å². The third-order valence-corrected chi connectivity index (χ3v) is 4.52. The molecule has 0 bridgehead atoms. The Bertz CT molecular complexity index is 748. The quantitative estimate of drug-likeness (QED) is 0.836. The van der Waals surface area contributed by atoms with Crippen molar-refractivity contribution in [1.29, 1.82) is 0 Å². The van der Waals surface area contributed by atoms with Crippen molar-refractivity contribution >= 4 is 27.5 Å². The van der Waals surface area contributed by atoms with Crippen molar-refractivity contribution in [3.8, 4) is 11.5 Å². The topological polar surface area (TPSA) is 64.8 Å². The maximum absolute atomic E-state index is 12.2. The van der Waals surface area contributed by atoms with Gasteiger partial charge in [-0.15, -0.1) is 0 Å². The van der Waals surface area contributed by atoms with E-state index in [9.17, 15) is 4.79 Å². The number of nitrogens with two attached hydrogens (primary N) is 1. The zero-order valence-corrected chi connectivity index (χ0v) is 13.1. The van der Waals surface area contributed by atoms with E-state index in [0.717, 1.165) is 15.7 Å². The highest BCUT2D eigenvalue weighted by Crippen LogP contribution is 2.42. The van der Waals surface area contributed by atoms with Gasteiger partial charge in [-0.05, 0) is 29.8 Å². The van der Waals surface area contributed by atoms with Crippen LogP contribution in [0.3, 0.4) is 0 Å². The zero-order chi connectivity index (χ0) is 15.3. The molecule has 0 aliphatic carbocycles. The lowest BCUT2D eigenvalue weighted by molar-refractivity contribution is -0.126. The van der Waals surface area contributed by atoms with Crippen LogP contribution in [-0.2, 0) is 4.79 Å². The number of halogens is 1. The summed E-state index contributed by atoms with van der Waals surface area (Å²) in [7, 11) is 0. The highest BCUT2D eigenvalue weighted by Gasteiger charge is 2.46. The smallest absolute Gasteiger partial charge is 0.247 e. The summed E-state index contributed by atoms with van der Waals surface area (Å²) in [6.07, 6.45) is 0. The molecule has 2 N–H and O–H groups in total. The molecule has 0 aromatic heterocycles. The number of hydrogen-bond acceptors (Lipinski definition) is 4. The summed E-state index contributed by atoms with van der Waals surface area (Å²) in [5.41, 5.74) is 7.79. The predicted molar refractivity (Wildman–Crippen MR) is 84.9 cm³/mol. The largest absolute Gasteiger partial charge is 0.454 e.